The normalized spacial score (nSPS) is 25.3. The molecule has 1 aromatic carbocycles. The van der Waals surface area contributed by atoms with E-state index in [0.717, 1.165) is 24.0 Å². The third-order valence-corrected chi connectivity index (χ3v) is 5.86. The molecule has 2 fully saturated rings. The maximum absolute atomic E-state index is 13.2. The lowest BCUT2D eigenvalue weighted by molar-refractivity contribution is -0.134. The van der Waals surface area contributed by atoms with Crippen molar-refractivity contribution in [2.24, 2.45) is 0 Å². The van der Waals surface area contributed by atoms with Gasteiger partial charge in [-0.25, -0.2) is 14.2 Å². The van der Waals surface area contributed by atoms with Gasteiger partial charge in [-0.1, -0.05) is 18.2 Å². The lowest BCUT2D eigenvalue weighted by atomic mass is 9.93. The van der Waals surface area contributed by atoms with Crippen molar-refractivity contribution in [3.63, 3.8) is 0 Å². The molecule has 2 aromatic rings. The highest BCUT2D eigenvalue weighted by molar-refractivity contribution is 5.94. The van der Waals surface area contributed by atoms with Crippen LogP contribution < -0.4 is 0 Å². The molecule has 0 bridgehead atoms. The lowest BCUT2D eigenvalue weighted by Gasteiger charge is -2.26. The number of nitrogens with zero attached hydrogens (tertiary/aromatic N) is 2. The molecule has 0 radical (unpaired) electrons. The van der Waals surface area contributed by atoms with Crippen LogP contribution in [0.25, 0.3) is 0 Å². The largest absolute Gasteiger partial charge is 0.447 e. The number of esters is 1. The summed E-state index contributed by atoms with van der Waals surface area (Å²) in [6, 6.07) is 9.83. The average molecular weight is 352 g/mol. The number of rotatable bonds is 2. The summed E-state index contributed by atoms with van der Waals surface area (Å²) in [4.78, 5) is 31.3. The Morgan fingerprint density at radius 2 is 1.92 bits per heavy atom. The third kappa shape index (κ3) is 2.04. The number of aromatic nitrogens is 1. The fourth-order valence-electron chi connectivity index (χ4n) is 4.30. The van der Waals surface area contributed by atoms with E-state index in [1.807, 2.05) is 6.07 Å². The molecule has 1 spiro atoms. The number of amides is 1. The van der Waals surface area contributed by atoms with Gasteiger partial charge in [0.15, 0.2) is 11.3 Å². The average Bonchev–Trinajstić information content (AvgIpc) is 3.28. The van der Waals surface area contributed by atoms with E-state index in [4.69, 9.17) is 4.74 Å². The van der Waals surface area contributed by atoms with Crippen LogP contribution in [0.2, 0.25) is 0 Å². The van der Waals surface area contributed by atoms with Gasteiger partial charge in [-0.05, 0) is 36.6 Å². The number of benzene rings is 1. The maximum atomic E-state index is 13.2. The third-order valence-electron chi connectivity index (χ3n) is 5.86. The molecule has 1 aromatic heterocycles. The Labute approximate surface area is 149 Å². The number of hydrogen-bond donors (Lipinski definition) is 0. The predicted octanol–water partition coefficient (Wildman–Crippen LogP) is 2.55. The molecule has 1 saturated heterocycles. The van der Waals surface area contributed by atoms with Gasteiger partial charge in [0.25, 0.3) is 0 Å². The van der Waals surface area contributed by atoms with Crippen LogP contribution in [-0.2, 0) is 20.5 Å². The molecular formula is C20H17FN2O3. The molecule has 1 aliphatic carbocycles. The standard InChI is InChI=1S/C20H17FN2O3/c21-14-5-3-13(4-6-14)19(7-8-19)18(25)23-11-9-20(12-23)15-2-1-10-22-16(15)17(24)26-20/h1-6,10H,7-9,11-12H2/t20-/m0/s1. The van der Waals surface area contributed by atoms with E-state index in [9.17, 15) is 14.0 Å². The number of halogens is 1. The van der Waals surface area contributed by atoms with Gasteiger partial charge < -0.3 is 9.64 Å². The summed E-state index contributed by atoms with van der Waals surface area (Å²) in [7, 11) is 0. The number of pyridine rings is 1. The van der Waals surface area contributed by atoms with Gasteiger partial charge in [0.2, 0.25) is 5.91 Å². The highest BCUT2D eigenvalue weighted by Crippen LogP contribution is 2.51. The number of ether oxygens (including phenoxy) is 1. The van der Waals surface area contributed by atoms with Crippen LogP contribution in [0.15, 0.2) is 42.6 Å². The molecule has 0 N–H and O–H groups in total. The summed E-state index contributed by atoms with van der Waals surface area (Å²) in [6.45, 7) is 0.878. The van der Waals surface area contributed by atoms with Crippen LogP contribution in [0.3, 0.4) is 0 Å². The van der Waals surface area contributed by atoms with Gasteiger partial charge in [0.05, 0.1) is 12.0 Å². The van der Waals surface area contributed by atoms with Crippen LogP contribution in [-0.4, -0.2) is 34.8 Å². The molecule has 3 aliphatic rings. The first-order valence-corrected chi connectivity index (χ1v) is 8.78. The number of carbonyl (C=O) groups excluding carboxylic acids is 2. The first-order chi connectivity index (χ1) is 12.5. The van der Waals surface area contributed by atoms with Crippen molar-refractivity contribution in [2.75, 3.05) is 13.1 Å². The summed E-state index contributed by atoms with van der Waals surface area (Å²) < 4.78 is 18.9. The van der Waals surface area contributed by atoms with Crippen LogP contribution in [0.1, 0.15) is 40.9 Å². The highest BCUT2D eigenvalue weighted by Gasteiger charge is 2.58. The van der Waals surface area contributed by atoms with Crippen LogP contribution in [0, 0.1) is 5.82 Å². The van der Waals surface area contributed by atoms with Crippen molar-refractivity contribution in [2.45, 2.75) is 30.3 Å². The maximum Gasteiger partial charge on any atom is 0.358 e. The number of likely N-dealkylation sites (tertiary alicyclic amines) is 1. The second-order valence-electron chi connectivity index (χ2n) is 7.35. The summed E-state index contributed by atoms with van der Waals surface area (Å²) in [5.41, 5.74) is 0.637. The van der Waals surface area contributed by atoms with Gasteiger partial charge >= 0.3 is 5.97 Å². The van der Waals surface area contributed by atoms with E-state index >= 15 is 0 Å². The first kappa shape index (κ1) is 15.5. The van der Waals surface area contributed by atoms with Gasteiger partial charge in [0.1, 0.15) is 5.82 Å². The number of carbonyl (C=O) groups is 2. The minimum atomic E-state index is -0.783. The highest BCUT2D eigenvalue weighted by atomic mass is 19.1. The van der Waals surface area contributed by atoms with Crippen molar-refractivity contribution < 1.29 is 18.7 Å². The Bertz CT molecular complexity index is 923. The number of hydrogen-bond acceptors (Lipinski definition) is 4. The van der Waals surface area contributed by atoms with E-state index in [1.165, 1.54) is 12.1 Å². The van der Waals surface area contributed by atoms with Gasteiger partial charge in [0, 0.05) is 24.7 Å². The van der Waals surface area contributed by atoms with E-state index in [0.29, 0.717) is 25.2 Å². The van der Waals surface area contributed by atoms with Gasteiger partial charge in [-0.3, -0.25) is 4.79 Å². The summed E-state index contributed by atoms with van der Waals surface area (Å²) in [6.07, 6.45) is 3.67. The van der Waals surface area contributed by atoms with Crippen LogP contribution in [0.5, 0.6) is 0 Å². The van der Waals surface area contributed by atoms with E-state index < -0.39 is 17.0 Å². The van der Waals surface area contributed by atoms with Gasteiger partial charge in [-0.2, -0.15) is 0 Å². The van der Waals surface area contributed by atoms with Crippen molar-refractivity contribution >= 4 is 11.9 Å². The second kappa shape index (κ2) is 5.13. The summed E-state index contributed by atoms with van der Waals surface area (Å²) in [5, 5.41) is 0. The topological polar surface area (TPSA) is 59.5 Å². The molecule has 5 nitrogen and oxygen atoms in total. The zero-order valence-electron chi connectivity index (χ0n) is 14.1. The zero-order valence-corrected chi connectivity index (χ0v) is 14.1. The molecule has 0 unspecified atom stereocenters. The Morgan fingerprint density at radius 3 is 2.65 bits per heavy atom. The molecule has 1 atom stereocenters. The molecule has 26 heavy (non-hydrogen) atoms. The molecular weight excluding hydrogens is 335 g/mol. The van der Waals surface area contributed by atoms with E-state index in [-0.39, 0.29) is 11.7 Å². The minimum absolute atomic E-state index is 0.0365. The minimum Gasteiger partial charge on any atom is -0.447 e. The predicted molar refractivity (Wildman–Crippen MR) is 89.8 cm³/mol. The fourth-order valence-corrected chi connectivity index (χ4v) is 4.30. The lowest BCUT2D eigenvalue weighted by Crippen LogP contribution is -2.40. The zero-order chi connectivity index (χ0) is 17.9. The molecule has 1 saturated carbocycles. The number of fused-ring (bicyclic) bond motifs is 2. The quantitative estimate of drug-likeness (QED) is 0.780. The van der Waals surface area contributed by atoms with Crippen molar-refractivity contribution in [3.8, 4) is 0 Å². The molecule has 2 aliphatic heterocycles. The Kier molecular flexibility index (Phi) is 3.05. The van der Waals surface area contributed by atoms with Gasteiger partial charge in [-0.15, -0.1) is 0 Å². The SMILES string of the molecule is O=C1O[C@]2(CCN(C(=O)C3(c4ccc(F)cc4)CC3)C2)c2cccnc21. The van der Waals surface area contributed by atoms with E-state index in [2.05, 4.69) is 4.98 Å². The Morgan fingerprint density at radius 1 is 1.15 bits per heavy atom. The molecule has 132 valence electrons. The summed E-state index contributed by atoms with van der Waals surface area (Å²) >= 11 is 0. The smallest absolute Gasteiger partial charge is 0.358 e. The van der Waals surface area contributed by atoms with Crippen molar-refractivity contribution in [3.05, 3.63) is 65.2 Å². The van der Waals surface area contributed by atoms with Crippen molar-refractivity contribution in [1.29, 1.82) is 0 Å². The Hall–Kier alpha value is -2.76. The molecule has 6 heteroatoms. The molecule has 3 heterocycles. The Balaban J connectivity index is 1.43. The van der Waals surface area contributed by atoms with Crippen LogP contribution >= 0.6 is 0 Å². The molecule has 5 rings (SSSR count). The second-order valence-corrected chi connectivity index (χ2v) is 7.35. The monoisotopic (exact) mass is 352 g/mol. The van der Waals surface area contributed by atoms with E-state index in [1.54, 1.807) is 29.3 Å². The van der Waals surface area contributed by atoms with Crippen LogP contribution in [0.4, 0.5) is 4.39 Å². The summed E-state index contributed by atoms with van der Waals surface area (Å²) in [5.74, 6) is -0.692. The first-order valence-electron chi connectivity index (χ1n) is 8.78. The molecule has 1 amide bonds. The fraction of sp³-hybridized carbons (Fsp3) is 0.350. The van der Waals surface area contributed by atoms with Crippen molar-refractivity contribution in [1.82, 2.24) is 9.88 Å².